The van der Waals surface area contributed by atoms with Crippen LogP contribution in [0.15, 0.2) is 59.5 Å². The first-order valence-electron chi connectivity index (χ1n) is 11.6. The van der Waals surface area contributed by atoms with Crippen LogP contribution in [-0.2, 0) is 33.7 Å². The normalized spacial score (nSPS) is 12.6. The maximum absolute atomic E-state index is 13.8. The van der Waals surface area contributed by atoms with Gasteiger partial charge in [0.05, 0.1) is 22.6 Å². The molecule has 0 fully saturated rings. The number of nitrogens with zero attached hydrogens (tertiary/aromatic N) is 1. The predicted molar refractivity (Wildman–Crippen MR) is 135 cm³/mol. The van der Waals surface area contributed by atoms with E-state index in [4.69, 9.17) is 0 Å². The third-order valence-electron chi connectivity index (χ3n) is 5.87. The molecule has 1 amide bonds. The second-order valence-corrected chi connectivity index (χ2v) is 11.2. The summed E-state index contributed by atoms with van der Waals surface area (Å²) < 4.78 is 108. The van der Waals surface area contributed by atoms with Gasteiger partial charge in [-0.2, -0.15) is 30.6 Å². The lowest BCUT2D eigenvalue weighted by Crippen LogP contribution is -2.38. The largest absolute Gasteiger partial charge is 0.416 e. The quantitative estimate of drug-likeness (QED) is 0.317. The SMILES string of the molecule is Cc1ccc(CN(CC(=O)Nc2cc(C(F)(F)F)cc(C(F)(F)F)c2)S(=O)(=O)c2c(C)cc(C)cc2C)cc1. The molecule has 3 aromatic carbocycles. The zero-order valence-electron chi connectivity index (χ0n) is 21.5. The molecule has 0 unspecified atom stereocenters. The number of sulfonamides is 1. The summed E-state index contributed by atoms with van der Waals surface area (Å²) in [6, 6.07) is 10.8. The lowest BCUT2D eigenvalue weighted by molar-refractivity contribution is -0.143. The van der Waals surface area contributed by atoms with Gasteiger partial charge in [-0.3, -0.25) is 4.79 Å². The average molecular weight is 573 g/mol. The van der Waals surface area contributed by atoms with Crippen molar-refractivity contribution in [2.24, 2.45) is 0 Å². The van der Waals surface area contributed by atoms with Crippen molar-refractivity contribution in [1.82, 2.24) is 4.31 Å². The van der Waals surface area contributed by atoms with Gasteiger partial charge in [0.1, 0.15) is 0 Å². The Morgan fingerprint density at radius 1 is 0.769 bits per heavy atom. The maximum Gasteiger partial charge on any atom is 0.416 e. The molecule has 0 atom stereocenters. The molecule has 12 heteroatoms. The maximum atomic E-state index is 13.8. The van der Waals surface area contributed by atoms with Crippen LogP contribution >= 0.6 is 0 Å². The van der Waals surface area contributed by atoms with E-state index in [-0.39, 0.29) is 17.5 Å². The molecule has 0 aliphatic rings. The van der Waals surface area contributed by atoms with Gasteiger partial charge in [0.15, 0.2) is 0 Å². The Hall–Kier alpha value is -3.38. The van der Waals surface area contributed by atoms with Crippen molar-refractivity contribution in [2.75, 3.05) is 11.9 Å². The van der Waals surface area contributed by atoms with Crippen molar-refractivity contribution in [1.29, 1.82) is 0 Å². The van der Waals surface area contributed by atoms with Gasteiger partial charge in [0.25, 0.3) is 0 Å². The lowest BCUT2D eigenvalue weighted by atomic mass is 10.1. The van der Waals surface area contributed by atoms with Crippen LogP contribution in [0.25, 0.3) is 0 Å². The summed E-state index contributed by atoms with van der Waals surface area (Å²) in [6.45, 7) is 5.68. The first-order chi connectivity index (χ1) is 17.9. The van der Waals surface area contributed by atoms with E-state index in [0.29, 0.717) is 28.8 Å². The van der Waals surface area contributed by atoms with Crippen molar-refractivity contribution < 1.29 is 39.6 Å². The molecule has 0 aliphatic heterocycles. The molecular weight excluding hydrogens is 546 g/mol. The van der Waals surface area contributed by atoms with Crippen LogP contribution in [-0.4, -0.2) is 25.2 Å². The highest BCUT2D eigenvalue weighted by Gasteiger charge is 2.37. The fourth-order valence-electron chi connectivity index (χ4n) is 4.21. The highest BCUT2D eigenvalue weighted by Crippen LogP contribution is 2.37. The summed E-state index contributed by atoms with van der Waals surface area (Å²) >= 11 is 0. The van der Waals surface area contributed by atoms with Crippen molar-refractivity contribution in [2.45, 2.75) is 51.5 Å². The molecule has 0 heterocycles. The first-order valence-corrected chi connectivity index (χ1v) is 13.0. The van der Waals surface area contributed by atoms with Crippen LogP contribution in [0.5, 0.6) is 0 Å². The van der Waals surface area contributed by atoms with Crippen molar-refractivity contribution in [3.05, 3.63) is 93.5 Å². The van der Waals surface area contributed by atoms with Crippen molar-refractivity contribution in [3.8, 4) is 0 Å². The van der Waals surface area contributed by atoms with Crippen LogP contribution in [0.2, 0.25) is 0 Å². The molecule has 5 nitrogen and oxygen atoms in total. The van der Waals surface area contributed by atoms with Crippen molar-refractivity contribution in [3.63, 3.8) is 0 Å². The van der Waals surface area contributed by atoms with E-state index in [2.05, 4.69) is 0 Å². The van der Waals surface area contributed by atoms with E-state index < -0.39 is 51.6 Å². The first kappa shape index (κ1) is 30.2. The molecule has 0 spiro atoms. The fourth-order valence-corrected chi connectivity index (χ4v) is 6.01. The minimum atomic E-state index is -5.11. The third kappa shape index (κ3) is 7.39. The Balaban J connectivity index is 2.01. The van der Waals surface area contributed by atoms with Crippen LogP contribution < -0.4 is 5.32 Å². The number of alkyl halides is 6. The molecule has 0 saturated heterocycles. The predicted octanol–water partition coefficient (Wildman–Crippen LogP) is 6.79. The van der Waals surface area contributed by atoms with Gasteiger partial charge in [-0.25, -0.2) is 8.42 Å². The lowest BCUT2D eigenvalue weighted by Gasteiger charge is -2.24. The molecule has 39 heavy (non-hydrogen) atoms. The number of rotatable bonds is 7. The molecule has 0 aliphatic carbocycles. The van der Waals surface area contributed by atoms with Crippen LogP contribution in [0.3, 0.4) is 0 Å². The number of aryl methyl sites for hydroxylation is 4. The average Bonchev–Trinajstić information content (AvgIpc) is 2.77. The number of hydrogen-bond acceptors (Lipinski definition) is 3. The number of halogens is 6. The second-order valence-electron chi connectivity index (χ2n) is 9.33. The van der Waals surface area contributed by atoms with Gasteiger partial charge in [0.2, 0.25) is 15.9 Å². The molecule has 0 bridgehead atoms. The van der Waals surface area contributed by atoms with Crippen molar-refractivity contribution >= 4 is 21.6 Å². The van der Waals surface area contributed by atoms with Gasteiger partial charge in [-0.15, -0.1) is 0 Å². The summed E-state index contributed by atoms with van der Waals surface area (Å²) in [5.41, 5.74) is -0.886. The minimum absolute atomic E-state index is 0.0357. The summed E-state index contributed by atoms with van der Waals surface area (Å²) in [5.74, 6) is -1.11. The number of hydrogen-bond donors (Lipinski definition) is 1. The molecule has 0 radical (unpaired) electrons. The topological polar surface area (TPSA) is 66.5 Å². The number of carbonyl (C=O) groups is 1. The number of anilines is 1. The Morgan fingerprint density at radius 3 is 1.72 bits per heavy atom. The monoisotopic (exact) mass is 572 g/mol. The number of nitrogens with one attached hydrogen (secondary N) is 1. The van der Waals surface area contributed by atoms with Crippen LogP contribution in [0.1, 0.15) is 38.9 Å². The molecule has 1 N–H and O–H groups in total. The van der Waals surface area contributed by atoms with Crippen LogP contribution in [0.4, 0.5) is 32.0 Å². The van der Waals surface area contributed by atoms with E-state index in [0.717, 1.165) is 15.4 Å². The zero-order chi connectivity index (χ0) is 29.3. The minimum Gasteiger partial charge on any atom is -0.325 e. The zero-order valence-corrected chi connectivity index (χ0v) is 22.3. The smallest absolute Gasteiger partial charge is 0.325 e. The van der Waals surface area contributed by atoms with E-state index in [9.17, 15) is 39.6 Å². The summed E-state index contributed by atoms with van der Waals surface area (Å²) in [7, 11) is -4.33. The Labute approximate surface area is 222 Å². The Kier molecular flexibility index (Phi) is 8.51. The third-order valence-corrected chi connectivity index (χ3v) is 7.97. The Morgan fingerprint density at radius 2 is 1.26 bits per heavy atom. The molecule has 210 valence electrons. The molecule has 3 rings (SSSR count). The number of carbonyl (C=O) groups excluding carboxylic acids is 1. The number of benzene rings is 3. The van der Waals surface area contributed by atoms with Gasteiger partial charge in [0, 0.05) is 12.2 Å². The molecule has 0 saturated carbocycles. The second kappa shape index (κ2) is 11.0. The van der Waals surface area contributed by atoms with Crippen LogP contribution in [0, 0.1) is 27.7 Å². The summed E-state index contributed by atoms with van der Waals surface area (Å²) in [6.07, 6.45) is -10.2. The highest BCUT2D eigenvalue weighted by atomic mass is 32.2. The van der Waals surface area contributed by atoms with Gasteiger partial charge >= 0.3 is 12.4 Å². The summed E-state index contributed by atoms with van der Waals surface area (Å²) in [4.78, 5) is 12.9. The number of amides is 1. The fraction of sp³-hybridized carbons (Fsp3) is 0.296. The highest BCUT2D eigenvalue weighted by molar-refractivity contribution is 7.89. The van der Waals surface area contributed by atoms with E-state index in [1.807, 2.05) is 12.2 Å². The standard InChI is InChI=1S/C27H26F6N2O3S/c1-16-5-7-20(8-6-16)14-35(39(37,38)25-18(3)9-17(2)10-19(25)4)15-24(36)34-23-12-21(26(28,29)30)11-22(13-23)27(31,32)33/h5-13H,14-15H2,1-4H3,(H,34,36). The van der Waals surface area contributed by atoms with E-state index in [1.54, 1.807) is 57.2 Å². The summed E-state index contributed by atoms with van der Waals surface area (Å²) in [5, 5.41) is 2.01. The van der Waals surface area contributed by atoms with Gasteiger partial charge in [-0.05, 0) is 62.6 Å². The Bertz CT molecular complexity index is 1430. The van der Waals surface area contributed by atoms with E-state index >= 15 is 0 Å². The molecule has 3 aromatic rings. The molecule has 0 aromatic heterocycles. The van der Waals surface area contributed by atoms with Gasteiger partial charge < -0.3 is 5.32 Å². The van der Waals surface area contributed by atoms with Gasteiger partial charge in [-0.1, -0.05) is 47.5 Å². The van der Waals surface area contributed by atoms with E-state index in [1.165, 1.54) is 0 Å². The molecular formula is C27H26F6N2O3S.